The number of hydrogen-bond donors (Lipinski definition) is 1. The van der Waals surface area contributed by atoms with E-state index >= 15 is 0 Å². The largest absolute Gasteiger partial charge is 0.459 e. The second-order valence-corrected chi connectivity index (χ2v) is 11.2. The van der Waals surface area contributed by atoms with Crippen LogP contribution in [0.2, 0.25) is 0 Å². The highest BCUT2D eigenvalue weighted by Crippen LogP contribution is 2.41. The van der Waals surface area contributed by atoms with E-state index in [0.29, 0.717) is 0 Å². The molecule has 0 radical (unpaired) electrons. The Balaban J connectivity index is 1.73. The van der Waals surface area contributed by atoms with Gasteiger partial charge in [-0.25, -0.2) is 4.79 Å². The monoisotopic (exact) mass is 613 g/mol. The lowest BCUT2D eigenvalue weighted by atomic mass is 9.95. The molecule has 1 saturated heterocycles. The van der Waals surface area contributed by atoms with Crippen molar-refractivity contribution in [3.63, 3.8) is 0 Å². The Morgan fingerprint density at radius 1 is 1.24 bits per heavy atom. The van der Waals surface area contributed by atoms with Gasteiger partial charge in [0.15, 0.2) is 0 Å². The number of carbonyl (C=O) groups is 3. The number of amides is 2. The standard InChI is InChI=1S/C22H21Br2N3O6S/c1-22(2,34-24)17(21(30)33-12-13-7-4-3-5-8-13)26-18(23)16(20(26)29)25-19(28)14-9-6-10-15(11-14)27(31)32/h3-11,16-18H,12H2,1-2H3,(H,25,28). The summed E-state index contributed by atoms with van der Waals surface area (Å²) < 4.78 is 4.75. The summed E-state index contributed by atoms with van der Waals surface area (Å²) in [6.45, 7) is 3.65. The van der Waals surface area contributed by atoms with Gasteiger partial charge in [0.25, 0.3) is 11.6 Å². The summed E-state index contributed by atoms with van der Waals surface area (Å²) in [5, 5.41) is 13.6. The van der Waals surface area contributed by atoms with E-state index in [9.17, 15) is 24.5 Å². The van der Waals surface area contributed by atoms with E-state index < -0.39 is 44.5 Å². The van der Waals surface area contributed by atoms with Gasteiger partial charge < -0.3 is 15.0 Å². The van der Waals surface area contributed by atoms with Gasteiger partial charge in [-0.2, -0.15) is 0 Å². The normalized spacial score (nSPS) is 18.6. The first kappa shape index (κ1) is 26.2. The molecule has 2 amide bonds. The van der Waals surface area contributed by atoms with Crippen molar-refractivity contribution in [3.8, 4) is 0 Å². The summed E-state index contributed by atoms with van der Waals surface area (Å²) in [5.74, 6) is -1.69. The maximum absolute atomic E-state index is 13.1. The Morgan fingerprint density at radius 2 is 1.91 bits per heavy atom. The summed E-state index contributed by atoms with van der Waals surface area (Å²) in [4.78, 5) is 49.7. The summed E-state index contributed by atoms with van der Waals surface area (Å²) in [6, 6.07) is 12.5. The molecule has 3 unspecified atom stereocenters. The van der Waals surface area contributed by atoms with E-state index in [4.69, 9.17) is 4.74 Å². The van der Waals surface area contributed by atoms with Crippen LogP contribution in [0.5, 0.6) is 0 Å². The number of halogens is 2. The van der Waals surface area contributed by atoms with Crippen molar-refractivity contribution in [2.45, 2.75) is 42.2 Å². The number of rotatable bonds is 9. The Kier molecular flexibility index (Phi) is 8.37. The van der Waals surface area contributed by atoms with Crippen LogP contribution in [0.25, 0.3) is 0 Å². The van der Waals surface area contributed by atoms with E-state index in [0.717, 1.165) is 11.6 Å². The summed E-state index contributed by atoms with van der Waals surface area (Å²) in [7, 11) is 1.23. The number of nitro benzene ring substituents is 1. The first-order chi connectivity index (χ1) is 16.1. The minimum absolute atomic E-state index is 0.0512. The quantitative estimate of drug-likeness (QED) is 0.112. The molecule has 1 fully saturated rings. The summed E-state index contributed by atoms with van der Waals surface area (Å²) >= 11 is 6.74. The predicted octanol–water partition coefficient (Wildman–Crippen LogP) is 4.19. The number of esters is 1. The fraction of sp³-hybridized carbons (Fsp3) is 0.318. The Hall–Kier alpha value is -2.44. The lowest BCUT2D eigenvalue weighted by Gasteiger charge is -2.50. The number of likely N-dealkylation sites (tertiary alicyclic amines) is 1. The van der Waals surface area contributed by atoms with Crippen LogP contribution in [-0.2, 0) is 20.9 Å². The highest BCUT2D eigenvalue weighted by atomic mass is 79.9. The van der Waals surface area contributed by atoms with Crippen molar-refractivity contribution in [2.24, 2.45) is 0 Å². The molecule has 0 spiro atoms. The smallest absolute Gasteiger partial charge is 0.330 e. The first-order valence-electron chi connectivity index (χ1n) is 10.1. The van der Waals surface area contributed by atoms with E-state index in [1.807, 2.05) is 30.3 Å². The number of ether oxygens (including phenoxy) is 1. The fourth-order valence-corrected chi connectivity index (χ4v) is 5.07. The Bertz CT molecular complexity index is 1100. The van der Waals surface area contributed by atoms with Crippen LogP contribution in [0.4, 0.5) is 5.69 Å². The van der Waals surface area contributed by atoms with Crippen LogP contribution in [0.15, 0.2) is 54.6 Å². The molecule has 9 nitrogen and oxygen atoms in total. The van der Waals surface area contributed by atoms with Crippen LogP contribution >= 0.6 is 40.9 Å². The second-order valence-electron chi connectivity index (χ2n) is 8.05. The number of hydrogen-bond acceptors (Lipinski definition) is 7. The van der Waals surface area contributed by atoms with Crippen LogP contribution in [0.1, 0.15) is 29.8 Å². The van der Waals surface area contributed by atoms with Gasteiger partial charge in [-0.15, -0.1) is 0 Å². The first-order valence-corrected chi connectivity index (χ1v) is 13.7. The number of nitro groups is 1. The van der Waals surface area contributed by atoms with Crippen molar-refractivity contribution in [1.82, 2.24) is 10.2 Å². The van der Waals surface area contributed by atoms with Gasteiger partial charge >= 0.3 is 5.97 Å². The number of non-ortho nitro benzene ring substituents is 1. The average molecular weight is 615 g/mol. The molecule has 0 saturated carbocycles. The molecule has 0 bridgehead atoms. The van der Waals surface area contributed by atoms with Gasteiger partial charge in [0.2, 0.25) is 5.91 Å². The van der Waals surface area contributed by atoms with Gasteiger partial charge in [0.1, 0.15) is 23.6 Å². The van der Waals surface area contributed by atoms with Gasteiger partial charge in [-0.05, 0) is 40.3 Å². The molecule has 12 heteroatoms. The molecule has 2 aromatic carbocycles. The lowest BCUT2D eigenvalue weighted by molar-refractivity contribution is -0.384. The Labute approximate surface area is 216 Å². The minimum Gasteiger partial charge on any atom is -0.459 e. The molecule has 1 aliphatic heterocycles. The number of carbonyl (C=O) groups excluding carboxylic acids is 3. The van der Waals surface area contributed by atoms with E-state index in [2.05, 4.69) is 36.1 Å². The zero-order chi connectivity index (χ0) is 25.0. The zero-order valence-corrected chi connectivity index (χ0v) is 22.1. The maximum Gasteiger partial charge on any atom is 0.330 e. The van der Waals surface area contributed by atoms with Crippen LogP contribution in [-0.4, -0.2) is 49.4 Å². The topological polar surface area (TPSA) is 119 Å². The molecule has 180 valence electrons. The van der Waals surface area contributed by atoms with Crippen molar-refractivity contribution >= 4 is 64.4 Å². The number of alkyl halides is 1. The number of nitrogens with one attached hydrogen (secondary N) is 1. The highest BCUT2D eigenvalue weighted by molar-refractivity contribution is 9.50. The van der Waals surface area contributed by atoms with Crippen molar-refractivity contribution < 1.29 is 24.0 Å². The zero-order valence-electron chi connectivity index (χ0n) is 18.1. The van der Waals surface area contributed by atoms with Crippen molar-refractivity contribution in [1.29, 1.82) is 0 Å². The molecule has 1 heterocycles. The molecule has 0 aromatic heterocycles. The second kappa shape index (κ2) is 10.9. The molecule has 34 heavy (non-hydrogen) atoms. The van der Waals surface area contributed by atoms with E-state index in [1.165, 1.54) is 33.3 Å². The number of β-lactam (4-membered cyclic amide) rings is 1. The molecule has 3 rings (SSSR count). The third-order valence-corrected chi connectivity index (χ3v) is 9.34. The molecule has 0 aliphatic carbocycles. The van der Waals surface area contributed by atoms with Crippen LogP contribution < -0.4 is 5.32 Å². The van der Waals surface area contributed by atoms with Gasteiger partial charge in [-0.1, -0.05) is 62.5 Å². The minimum atomic E-state index is -0.955. The van der Waals surface area contributed by atoms with Gasteiger partial charge in [-0.3, -0.25) is 19.7 Å². The van der Waals surface area contributed by atoms with Crippen molar-refractivity contribution in [2.75, 3.05) is 0 Å². The fourth-order valence-electron chi connectivity index (χ4n) is 3.45. The lowest BCUT2D eigenvalue weighted by Crippen LogP contribution is -2.74. The number of nitrogens with zero attached hydrogens (tertiary/aromatic N) is 2. The van der Waals surface area contributed by atoms with Gasteiger partial charge in [0, 0.05) is 17.7 Å². The third kappa shape index (κ3) is 5.61. The molecular weight excluding hydrogens is 594 g/mol. The van der Waals surface area contributed by atoms with Crippen LogP contribution in [0, 0.1) is 10.1 Å². The SMILES string of the molecule is CC(C)(SBr)C(C(=O)OCc1ccccc1)N1C(=O)C(NC(=O)c2cccc([N+](=O)[O-])c2)C1Br. The summed E-state index contributed by atoms with van der Waals surface area (Å²) in [6.07, 6.45) is 0. The molecule has 1 N–H and O–H groups in total. The van der Waals surface area contributed by atoms with Crippen molar-refractivity contribution in [3.05, 3.63) is 75.8 Å². The van der Waals surface area contributed by atoms with Crippen LogP contribution in [0.3, 0.4) is 0 Å². The third-order valence-electron chi connectivity index (χ3n) is 5.25. The highest BCUT2D eigenvalue weighted by Gasteiger charge is 2.56. The molecule has 2 aromatic rings. The van der Waals surface area contributed by atoms with E-state index in [-0.39, 0.29) is 17.9 Å². The molecule has 1 aliphatic rings. The predicted molar refractivity (Wildman–Crippen MR) is 135 cm³/mol. The van der Waals surface area contributed by atoms with E-state index in [1.54, 1.807) is 13.8 Å². The molecule has 3 atom stereocenters. The maximum atomic E-state index is 13.1. The van der Waals surface area contributed by atoms with Gasteiger partial charge in [0.05, 0.1) is 9.67 Å². The number of benzene rings is 2. The Morgan fingerprint density at radius 3 is 2.50 bits per heavy atom. The molecular formula is C22H21Br2N3O6S. The summed E-state index contributed by atoms with van der Waals surface area (Å²) in [5.41, 5.74) is 0.628. The average Bonchev–Trinajstić information content (AvgIpc) is 2.84.